The molecule has 0 aliphatic heterocycles. The number of aliphatic hydroxyl groups is 1. The van der Waals surface area contributed by atoms with E-state index in [1.165, 1.54) is 6.07 Å². The first kappa shape index (κ1) is 12.5. The van der Waals surface area contributed by atoms with E-state index in [1.807, 2.05) is 6.07 Å². The van der Waals surface area contributed by atoms with E-state index in [4.69, 9.17) is 0 Å². The SMILES string of the molecule is CC(Cc1cccc(F)c1)NCC(O)C1CC1. The average molecular weight is 237 g/mol. The van der Waals surface area contributed by atoms with Gasteiger partial charge < -0.3 is 10.4 Å². The fraction of sp³-hybridized carbons (Fsp3) is 0.571. The van der Waals surface area contributed by atoms with Gasteiger partial charge in [0.25, 0.3) is 0 Å². The van der Waals surface area contributed by atoms with E-state index in [1.54, 1.807) is 12.1 Å². The molecule has 0 amide bonds. The van der Waals surface area contributed by atoms with Gasteiger partial charge in [-0.15, -0.1) is 0 Å². The van der Waals surface area contributed by atoms with Crippen molar-refractivity contribution >= 4 is 0 Å². The Labute approximate surface area is 102 Å². The monoisotopic (exact) mass is 237 g/mol. The summed E-state index contributed by atoms with van der Waals surface area (Å²) in [5, 5.41) is 13.0. The lowest BCUT2D eigenvalue weighted by atomic mass is 10.1. The summed E-state index contributed by atoms with van der Waals surface area (Å²) in [5.74, 6) is 0.316. The van der Waals surface area contributed by atoms with Crippen molar-refractivity contribution in [2.45, 2.75) is 38.3 Å². The zero-order chi connectivity index (χ0) is 12.3. The molecule has 94 valence electrons. The maximum absolute atomic E-state index is 13.0. The van der Waals surface area contributed by atoms with E-state index in [0.29, 0.717) is 12.5 Å². The van der Waals surface area contributed by atoms with E-state index in [9.17, 15) is 9.50 Å². The average Bonchev–Trinajstić information content (AvgIpc) is 3.09. The first-order valence-electron chi connectivity index (χ1n) is 6.31. The highest BCUT2D eigenvalue weighted by atomic mass is 19.1. The predicted molar refractivity (Wildman–Crippen MR) is 66.3 cm³/mol. The van der Waals surface area contributed by atoms with Gasteiger partial charge in [-0.3, -0.25) is 0 Å². The topological polar surface area (TPSA) is 32.3 Å². The maximum Gasteiger partial charge on any atom is 0.123 e. The minimum atomic E-state index is -0.218. The maximum atomic E-state index is 13.0. The molecule has 0 spiro atoms. The highest BCUT2D eigenvalue weighted by Gasteiger charge is 2.29. The number of halogens is 1. The van der Waals surface area contributed by atoms with Crippen molar-refractivity contribution in [3.05, 3.63) is 35.6 Å². The molecule has 2 N–H and O–H groups in total. The summed E-state index contributed by atoms with van der Waals surface area (Å²) in [6.45, 7) is 2.70. The van der Waals surface area contributed by atoms with E-state index in [-0.39, 0.29) is 18.0 Å². The summed E-state index contributed by atoms with van der Waals surface area (Å²) in [7, 11) is 0. The molecule has 0 saturated heterocycles. The van der Waals surface area contributed by atoms with E-state index in [0.717, 1.165) is 24.8 Å². The van der Waals surface area contributed by atoms with Gasteiger partial charge in [0.1, 0.15) is 5.82 Å². The van der Waals surface area contributed by atoms with Gasteiger partial charge in [-0.2, -0.15) is 0 Å². The molecule has 2 nitrogen and oxygen atoms in total. The molecule has 0 heterocycles. The van der Waals surface area contributed by atoms with Crippen LogP contribution in [-0.4, -0.2) is 23.8 Å². The molecule has 0 bridgehead atoms. The quantitative estimate of drug-likeness (QED) is 0.794. The standard InChI is InChI=1S/C14H20FNO/c1-10(16-9-14(17)12-5-6-12)7-11-3-2-4-13(15)8-11/h2-4,8,10,12,14,16-17H,5-7,9H2,1H3. The fourth-order valence-corrected chi connectivity index (χ4v) is 2.06. The number of benzene rings is 1. The molecule has 1 aromatic rings. The fourth-order valence-electron chi connectivity index (χ4n) is 2.06. The van der Waals surface area contributed by atoms with Crippen LogP contribution in [0.5, 0.6) is 0 Å². The smallest absolute Gasteiger partial charge is 0.123 e. The number of hydrogen-bond acceptors (Lipinski definition) is 2. The van der Waals surface area contributed by atoms with Crippen molar-refractivity contribution in [3.63, 3.8) is 0 Å². The summed E-state index contributed by atoms with van der Waals surface area (Å²) in [4.78, 5) is 0. The van der Waals surface area contributed by atoms with Crippen LogP contribution in [0.1, 0.15) is 25.3 Å². The third-order valence-electron chi connectivity index (χ3n) is 3.27. The lowest BCUT2D eigenvalue weighted by molar-refractivity contribution is 0.145. The van der Waals surface area contributed by atoms with Crippen molar-refractivity contribution in [2.24, 2.45) is 5.92 Å². The van der Waals surface area contributed by atoms with Gasteiger partial charge in [-0.1, -0.05) is 12.1 Å². The van der Waals surface area contributed by atoms with Gasteiger partial charge in [-0.25, -0.2) is 4.39 Å². The zero-order valence-corrected chi connectivity index (χ0v) is 10.2. The number of nitrogens with one attached hydrogen (secondary N) is 1. The Morgan fingerprint density at radius 3 is 2.88 bits per heavy atom. The third kappa shape index (κ3) is 4.10. The normalized spacial score (nSPS) is 19.0. The highest BCUT2D eigenvalue weighted by Crippen LogP contribution is 2.32. The predicted octanol–water partition coefficient (Wildman–Crippen LogP) is 2.12. The van der Waals surface area contributed by atoms with Gasteiger partial charge in [0.05, 0.1) is 6.10 Å². The molecular weight excluding hydrogens is 217 g/mol. The van der Waals surface area contributed by atoms with Crippen LogP contribution in [0.25, 0.3) is 0 Å². The lowest BCUT2D eigenvalue weighted by Gasteiger charge is -2.17. The van der Waals surface area contributed by atoms with Crippen LogP contribution in [-0.2, 0) is 6.42 Å². The molecule has 2 unspecified atom stereocenters. The third-order valence-corrected chi connectivity index (χ3v) is 3.27. The second kappa shape index (κ2) is 5.61. The van der Waals surface area contributed by atoms with Crippen LogP contribution < -0.4 is 5.32 Å². The van der Waals surface area contributed by atoms with Gasteiger partial charge in [0.15, 0.2) is 0 Å². The summed E-state index contributed by atoms with van der Waals surface area (Å²) >= 11 is 0. The Kier molecular flexibility index (Phi) is 4.13. The molecule has 0 radical (unpaired) electrons. The van der Waals surface area contributed by atoms with Crippen LogP contribution >= 0.6 is 0 Å². The Morgan fingerprint density at radius 2 is 2.24 bits per heavy atom. The van der Waals surface area contributed by atoms with Gasteiger partial charge >= 0.3 is 0 Å². The van der Waals surface area contributed by atoms with Crippen LogP contribution in [0.15, 0.2) is 24.3 Å². The van der Waals surface area contributed by atoms with Crippen molar-refractivity contribution in [1.82, 2.24) is 5.32 Å². The number of aliphatic hydroxyl groups excluding tert-OH is 1. The molecule has 1 saturated carbocycles. The van der Waals surface area contributed by atoms with Crippen LogP contribution in [0.3, 0.4) is 0 Å². The minimum Gasteiger partial charge on any atom is -0.392 e. The van der Waals surface area contributed by atoms with Crippen molar-refractivity contribution < 1.29 is 9.50 Å². The Bertz CT molecular complexity index is 365. The lowest BCUT2D eigenvalue weighted by Crippen LogP contribution is -2.35. The largest absolute Gasteiger partial charge is 0.392 e. The minimum absolute atomic E-state index is 0.187. The van der Waals surface area contributed by atoms with Gasteiger partial charge in [-0.05, 0) is 49.8 Å². The second-order valence-corrected chi connectivity index (χ2v) is 5.05. The van der Waals surface area contributed by atoms with E-state index in [2.05, 4.69) is 12.2 Å². The zero-order valence-electron chi connectivity index (χ0n) is 10.2. The van der Waals surface area contributed by atoms with Crippen LogP contribution in [0.4, 0.5) is 4.39 Å². The van der Waals surface area contributed by atoms with Crippen LogP contribution in [0, 0.1) is 11.7 Å². The van der Waals surface area contributed by atoms with Crippen molar-refractivity contribution in [1.29, 1.82) is 0 Å². The summed E-state index contributed by atoms with van der Waals surface area (Å²) < 4.78 is 13.0. The first-order chi connectivity index (χ1) is 8.15. The molecule has 1 aromatic carbocycles. The summed E-state index contributed by atoms with van der Waals surface area (Å²) in [6.07, 6.45) is 2.88. The highest BCUT2D eigenvalue weighted by molar-refractivity contribution is 5.17. The Hall–Kier alpha value is -0.930. The molecule has 1 aliphatic rings. The van der Waals surface area contributed by atoms with E-state index >= 15 is 0 Å². The molecule has 17 heavy (non-hydrogen) atoms. The van der Waals surface area contributed by atoms with Crippen LogP contribution in [0.2, 0.25) is 0 Å². The van der Waals surface area contributed by atoms with Crippen molar-refractivity contribution in [3.8, 4) is 0 Å². The molecule has 1 aliphatic carbocycles. The first-order valence-corrected chi connectivity index (χ1v) is 6.31. The molecule has 3 heteroatoms. The summed E-state index contributed by atoms with van der Waals surface area (Å²) in [5.41, 5.74) is 0.992. The number of hydrogen-bond donors (Lipinski definition) is 2. The second-order valence-electron chi connectivity index (χ2n) is 5.05. The molecule has 2 atom stereocenters. The molecular formula is C14H20FNO. The molecule has 2 rings (SSSR count). The van der Waals surface area contributed by atoms with Gasteiger partial charge in [0.2, 0.25) is 0 Å². The van der Waals surface area contributed by atoms with Crippen molar-refractivity contribution in [2.75, 3.05) is 6.54 Å². The molecule has 0 aromatic heterocycles. The summed E-state index contributed by atoms with van der Waals surface area (Å²) in [6, 6.07) is 6.94. The van der Waals surface area contributed by atoms with Gasteiger partial charge in [0, 0.05) is 12.6 Å². The number of rotatable bonds is 6. The Balaban J connectivity index is 1.74. The van der Waals surface area contributed by atoms with E-state index < -0.39 is 0 Å². The molecule has 1 fully saturated rings. The Morgan fingerprint density at radius 1 is 1.47 bits per heavy atom.